The van der Waals surface area contributed by atoms with Crippen molar-refractivity contribution in [3.63, 3.8) is 0 Å². The standard InChI is InChI=1S/C55H38N2/c1-55(2)52-43-30-28-40(32-41(43)29-31-48(52)51-46-22-11-9-20-44(46)45-21-10-12-23-47(45)53(51)55)36-24-26-37(27-25-36)49-34-50(57-54(56-49)38-16-7-4-8-17-38)42-19-13-18-39(33-42)35-14-5-3-6-15-35/h3-34H,1-2H3. The second-order valence-electron chi connectivity index (χ2n) is 15.7. The fourth-order valence-electron chi connectivity index (χ4n) is 9.37. The van der Waals surface area contributed by atoms with E-state index >= 15 is 0 Å². The van der Waals surface area contributed by atoms with Gasteiger partial charge >= 0.3 is 0 Å². The van der Waals surface area contributed by atoms with Gasteiger partial charge in [0.1, 0.15) is 0 Å². The van der Waals surface area contributed by atoms with Crippen molar-refractivity contribution in [1.29, 1.82) is 0 Å². The summed E-state index contributed by atoms with van der Waals surface area (Å²) in [5, 5.41) is 7.91. The van der Waals surface area contributed by atoms with Crippen LogP contribution in [0.3, 0.4) is 0 Å². The molecule has 0 atom stereocenters. The molecular formula is C55H38N2. The van der Waals surface area contributed by atoms with Gasteiger partial charge in [-0.05, 0) is 95.0 Å². The van der Waals surface area contributed by atoms with Crippen LogP contribution < -0.4 is 0 Å². The molecule has 2 heteroatoms. The maximum Gasteiger partial charge on any atom is 0.160 e. The molecule has 0 bridgehead atoms. The van der Waals surface area contributed by atoms with Crippen molar-refractivity contribution in [2.75, 3.05) is 0 Å². The first kappa shape index (κ1) is 33.2. The van der Waals surface area contributed by atoms with Crippen LogP contribution in [0.4, 0.5) is 0 Å². The van der Waals surface area contributed by atoms with Crippen molar-refractivity contribution in [3.05, 3.63) is 205 Å². The van der Waals surface area contributed by atoms with Crippen molar-refractivity contribution < 1.29 is 0 Å². The number of hydrogen-bond acceptors (Lipinski definition) is 2. The molecule has 0 saturated carbocycles. The Kier molecular flexibility index (Phi) is 7.55. The molecule has 1 aliphatic rings. The molecule has 2 nitrogen and oxygen atoms in total. The summed E-state index contributed by atoms with van der Waals surface area (Å²) in [6.45, 7) is 4.82. The van der Waals surface area contributed by atoms with E-state index in [2.05, 4.69) is 190 Å². The highest BCUT2D eigenvalue weighted by atomic mass is 14.9. The van der Waals surface area contributed by atoms with Crippen molar-refractivity contribution in [2.45, 2.75) is 19.3 Å². The van der Waals surface area contributed by atoms with Crippen LogP contribution in [0.2, 0.25) is 0 Å². The van der Waals surface area contributed by atoms with Gasteiger partial charge in [-0.15, -0.1) is 0 Å². The second-order valence-corrected chi connectivity index (χ2v) is 15.7. The summed E-state index contributed by atoms with van der Waals surface area (Å²) in [5.74, 6) is 0.713. The zero-order chi connectivity index (χ0) is 38.1. The second kappa shape index (κ2) is 13.0. The van der Waals surface area contributed by atoms with Gasteiger partial charge in [-0.25, -0.2) is 9.97 Å². The van der Waals surface area contributed by atoms with E-state index in [1.54, 1.807) is 0 Å². The van der Waals surface area contributed by atoms with Crippen LogP contribution in [0.5, 0.6) is 0 Å². The molecule has 268 valence electrons. The van der Waals surface area contributed by atoms with Crippen LogP contribution in [0.15, 0.2) is 194 Å². The fraction of sp³-hybridized carbons (Fsp3) is 0.0545. The van der Waals surface area contributed by atoms with Gasteiger partial charge in [0.25, 0.3) is 0 Å². The van der Waals surface area contributed by atoms with Crippen molar-refractivity contribution in [1.82, 2.24) is 9.97 Å². The quantitative estimate of drug-likeness (QED) is 0.165. The van der Waals surface area contributed by atoms with Crippen LogP contribution in [0, 0.1) is 0 Å². The number of rotatable bonds is 5. The zero-order valence-electron chi connectivity index (χ0n) is 31.9. The lowest BCUT2D eigenvalue weighted by molar-refractivity contribution is 0.672. The first-order chi connectivity index (χ1) is 28.0. The molecule has 10 aromatic rings. The van der Waals surface area contributed by atoms with E-state index in [9.17, 15) is 0 Å². The van der Waals surface area contributed by atoms with Gasteiger partial charge in [-0.3, -0.25) is 0 Å². The molecule has 11 rings (SSSR count). The van der Waals surface area contributed by atoms with E-state index < -0.39 is 0 Å². The molecule has 0 spiro atoms. The number of benzene rings is 9. The minimum atomic E-state index is -0.158. The highest BCUT2D eigenvalue weighted by Crippen LogP contribution is 2.56. The lowest BCUT2D eigenvalue weighted by Crippen LogP contribution is -2.16. The van der Waals surface area contributed by atoms with E-state index in [-0.39, 0.29) is 5.41 Å². The number of aromatic nitrogens is 2. The molecule has 0 radical (unpaired) electrons. The molecule has 1 aromatic heterocycles. The Hall–Kier alpha value is -7.16. The smallest absolute Gasteiger partial charge is 0.160 e. The third-order valence-electron chi connectivity index (χ3n) is 12.0. The molecule has 0 unspecified atom stereocenters. The average molecular weight is 727 g/mol. The Morgan fingerprint density at radius 1 is 0.333 bits per heavy atom. The average Bonchev–Trinajstić information content (AvgIpc) is 3.53. The first-order valence-electron chi connectivity index (χ1n) is 19.7. The van der Waals surface area contributed by atoms with E-state index in [0.717, 1.165) is 33.6 Å². The van der Waals surface area contributed by atoms with Crippen LogP contribution in [0.25, 0.3) is 99.6 Å². The maximum atomic E-state index is 5.11. The van der Waals surface area contributed by atoms with Crippen LogP contribution in [-0.4, -0.2) is 9.97 Å². The van der Waals surface area contributed by atoms with Gasteiger partial charge < -0.3 is 0 Å². The van der Waals surface area contributed by atoms with Gasteiger partial charge in [-0.2, -0.15) is 0 Å². The topological polar surface area (TPSA) is 25.8 Å². The van der Waals surface area contributed by atoms with E-state index in [1.165, 1.54) is 71.3 Å². The SMILES string of the molecule is CC1(C)c2c(ccc3cc(-c4ccc(-c5cc(-c6cccc(-c7ccccc7)c6)nc(-c6ccccc6)n5)cc4)ccc23)-c2c1c1ccccc1c1ccccc21. The van der Waals surface area contributed by atoms with Gasteiger partial charge in [0, 0.05) is 22.1 Å². The normalized spacial score (nSPS) is 12.9. The molecule has 1 heterocycles. The summed E-state index contributed by atoms with van der Waals surface area (Å²) in [6.07, 6.45) is 0. The molecule has 0 saturated heterocycles. The lowest BCUT2D eigenvalue weighted by Gasteiger charge is -2.25. The molecule has 1 aliphatic carbocycles. The molecular weight excluding hydrogens is 689 g/mol. The third-order valence-corrected chi connectivity index (χ3v) is 12.0. The van der Waals surface area contributed by atoms with Gasteiger partial charge in [-0.1, -0.05) is 190 Å². The largest absolute Gasteiger partial charge is 0.228 e. The third kappa shape index (κ3) is 5.40. The Morgan fingerprint density at radius 2 is 0.860 bits per heavy atom. The summed E-state index contributed by atoms with van der Waals surface area (Å²) in [5.41, 5.74) is 15.1. The summed E-state index contributed by atoms with van der Waals surface area (Å²) >= 11 is 0. The molecule has 9 aromatic carbocycles. The van der Waals surface area contributed by atoms with Gasteiger partial charge in [0.05, 0.1) is 11.4 Å². The molecule has 57 heavy (non-hydrogen) atoms. The molecule has 0 aliphatic heterocycles. The zero-order valence-corrected chi connectivity index (χ0v) is 31.9. The maximum absolute atomic E-state index is 5.11. The highest BCUT2D eigenvalue weighted by Gasteiger charge is 2.39. The Morgan fingerprint density at radius 3 is 1.60 bits per heavy atom. The van der Waals surface area contributed by atoms with Crippen molar-refractivity contribution in [3.8, 4) is 67.3 Å². The van der Waals surface area contributed by atoms with Crippen LogP contribution in [-0.2, 0) is 5.41 Å². The summed E-state index contributed by atoms with van der Waals surface area (Å²) in [7, 11) is 0. The minimum Gasteiger partial charge on any atom is -0.228 e. The lowest BCUT2D eigenvalue weighted by atomic mass is 9.77. The highest BCUT2D eigenvalue weighted by molar-refractivity contribution is 6.19. The van der Waals surface area contributed by atoms with Crippen molar-refractivity contribution in [2.24, 2.45) is 0 Å². The first-order valence-corrected chi connectivity index (χ1v) is 19.7. The monoisotopic (exact) mass is 726 g/mol. The molecule has 0 amide bonds. The molecule has 0 N–H and O–H groups in total. The van der Waals surface area contributed by atoms with E-state index in [4.69, 9.17) is 9.97 Å². The van der Waals surface area contributed by atoms with Crippen LogP contribution >= 0.6 is 0 Å². The number of fused-ring (bicyclic) bond motifs is 10. The van der Waals surface area contributed by atoms with Crippen LogP contribution in [0.1, 0.15) is 25.0 Å². The van der Waals surface area contributed by atoms with E-state index in [0.29, 0.717) is 5.82 Å². The Balaban J connectivity index is 0.981. The van der Waals surface area contributed by atoms with Gasteiger partial charge in [0.2, 0.25) is 0 Å². The summed E-state index contributed by atoms with van der Waals surface area (Å²) in [6, 6.07) is 69.9. The number of nitrogens with zero attached hydrogens (tertiary/aromatic N) is 2. The summed E-state index contributed by atoms with van der Waals surface area (Å²) in [4.78, 5) is 10.2. The van der Waals surface area contributed by atoms with Gasteiger partial charge in [0.15, 0.2) is 5.82 Å². The predicted octanol–water partition coefficient (Wildman–Crippen LogP) is 14.6. The number of hydrogen-bond donors (Lipinski definition) is 0. The Labute approximate surface area is 332 Å². The van der Waals surface area contributed by atoms with Crippen molar-refractivity contribution >= 4 is 32.3 Å². The Bertz CT molecular complexity index is 3180. The van der Waals surface area contributed by atoms with E-state index in [1.807, 2.05) is 18.2 Å². The minimum absolute atomic E-state index is 0.158. The summed E-state index contributed by atoms with van der Waals surface area (Å²) < 4.78 is 0. The fourth-order valence-corrected chi connectivity index (χ4v) is 9.37. The predicted molar refractivity (Wildman–Crippen MR) is 239 cm³/mol. The molecule has 0 fully saturated rings.